The van der Waals surface area contributed by atoms with Crippen molar-refractivity contribution >= 4 is 27.4 Å². The normalized spacial score (nSPS) is 23.7. The van der Waals surface area contributed by atoms with Crippen molar-refractivity contribution in [1.82, 2.24) is 9.97 Å². The molecule has 0 aliphatic heterocycles. The number of nitrogens with one attached hydrogen (secondary N) is 1. The molecule has 2 aromatic heterocycles. The van der Waals surface area contributed by atoms with E-state index in [0.717, 1.165) is 41.7 Å². The summed E-state index contributed by atoms with van der Waals surface area (Å²) >= 11 is 1.72. The summed E-state index contributed by atoms with van der Waals surface area (Å²) < 4.78 is 0. The Bertz CT molecular complexity index is 588. The van der Waals surface area contributed by atoms with Crippen molar-refractivity contribution < 1.29 is 5.11 Å². The van der Waals surface area contributed by atoms with Gasteiger partial charge in [-0.05, 0) is 45.1 Å². The Morgan fingerprint density at radius 3 is 2.68 bits per heavy atom. The third kappa shape index (κ3) is 2.44. The summed E-state index contributed by atoms with van der Waals surface area (Å²) in [4.78, 5) is 11.1. The molecule has 5 heteroatoms. The topological polar surface area (TPSA) is 58.0 Å². The fourth-order valence-corrected chi connectivity index (χ4v) is 3.70. The first-order valence-electron chi connectivity index (χ1n) is 6.80. The third-order valence-electron chi connectivity index (χ3n) is 4.00. The standard InChI is InChI=1S/C14H19N3OS/c1-8-9(2)19-14-12(8)13(15-7-16-14)17-10-3-5-11(18)6-4-10/h7,10-11,18H,3-6H2,1-2H3,(H,15,16,17)/t10-,11-. The van der Waals surface area contributed by atoms with Gasteiger partial charge >= 0.3 is 0 Å². The second-order valence-electron chi connectivity index (χ2n) is 5.34. The summed E-state index contributed by atoms with van der Waals surface area (Å²) in [6.45, 7) is 4.26. The zero-order valence-corrected chi connectivity index (χ0v) is 12.1. The highest BCUT2D eigenvalue weighted by Crippen LogP contribution is 2.33. The lowest BCUT2D eigenvalue weighted by atomic mass is 9.93. The molecule has 0 radical (unpaired) electrons. The molecule has 0 aromatic carbocycles. The van der Waals surface area contributed by atoms with Gasteiger partial charge in [0.25, 0.3) is 0 Å². The molecule has 0 bridgehead atoms. The molecule has 102 valence electrons. The van der Waals surface area contributed by atoms with Gasteiger partial charge in [0.1, 0.15) is 17.0 Å². The Kier molecular flexibility index (Phi) is 3.41. The number of rotatable bonds is 2. The first-order chi connectivity index (χ1) is 9.15. The number of aryl methyl sites for hydroxylation is 2. The minimum absolute atomic E-state index is 0.117. The number of aliphatic hydroxyl groups excluding tert-OH is 1. The second kappa shape index (κ2) is 5.06. The van der Waals surface area contributed by atoms with Gasteiger partial charge in [0.05, 0.1) is 11.5 Å². The third-order valence-corrected chi connectivity index (χ3v) is 5.12. The number of aliphatic hydroxyl groups is 1. The van der Waals surface area contributed by atoms with E-state index in [-0.39, 0.29) is 6.10 Å². The van der Waals surface area contributed by atoms with Crippen LogP contribution in [0.1, 0.15) is 36.1 Å². The Hall–Kier alpha value is -1.20. The zero-order chi connectivity index (χ0) is 13.4. The van der Waals surface area contributed by atoms with Gasteiger partial charge in [-0.25, -0.2) is 9.97 Å². The Morgan fingerprint density at radius 2 is 1.95 bits per heavy atom. The Balaban J connectivity index is 1.88. The van der Waals surface area contributed by atoms with Crippen molar-refractivity contribution in [3.05, 3.63) is 16.8 Å². The Morgan fingerprint density at radius 1 is 1.21 bits per heavy atom. The second-order valence-corrected chi connectivity index (χ2v) is 6.54. The lowest BCUT2D eigenvalue weighted by Crippen LogP contribution is -2.28. The van der Waals surface area contributed by atoms with Crippen molar-refractivity contribution in [3.8, 4) is 0 Å². The number of hydrogen-bond donors (Lipinski definition) is 2. The van der Waals surface area contributed by atoms with Crippen LogP contribution in [-0.2, 0) is 0 Å². The number of fused-ring (bicyclic) bond motifs is 1. The number of nitrogens with zero attached hydrogens (tertiary/aromatic N) is 2. The molecule has 19 heavy (non-hydrogen) atoms. The number of anilines is 1. The summed E-state index contributed by atoms with van der Waals surface area (Å²) in [6.07, 6.45) is 5.30. The summed E-state index contributed by atoms with van der Waals surface area (Å²) in [5.74, 6) is 0.952. The van der Waals surface area contributed by atoms with Gasteiger partial charge in [-0.1, -0.05) is 0 Å². The van der Waals surface area contributed by atoms with Crippen LogP contribution in [0.25, 0.3) is 10.2 Å². The highest BCUT2D eigenvalue weighted by atomic mass is 32.1. The molecule has 3 rings (SSSR count). The van der Waals surface area contributed by atoms with Gasteiger partial charge in [0.15, 0.2) is 0 Å². The van der Waals surface area contributed by atoms with Gasteiger partial charge in [0.2, 0.25) is 0 Å². The minimum atomic E-state index is -0.117. The van der Waals surface area contributed by atoms with E-state index < -0.39 is 0 Å². The van der Waals surface area contributed by atoms with Crippen molar-refractivity contribution in [1.29, 1.82) is 0 Å². The van der Waals surface area contributed by atoms with E-state index >= 15 is 0 Å². The van der Waals surface area contributed by atoms with Crippen LogP contribution < -0.4 is 5.32 Å². The van der Waals surface area contributed by atoms with Gasteiger partial charge in [-0.2, -0.15) is 0 Å². The quantitative estimate of drug-likeness (QED) is 0.886. The van der Waals surface area contributed by atoms with Crippen molar-refractivity contribution in [2.75, 3.05) is 5.32 Å². The fraction of sp³-hybridized carbons (Fsp3) is 0.571. The maximum atomic E-state index is 9.56. The molecular formula is C14H19N3OS. The molecule has 0 saturated heterocycles. The van der Waals surface area contributed by atoms with Crippen LogP contribution in [0.3, 0.4) is 0 Å². The molecule has 1 aliphatic rings. The van der Waals surface area contributed by atoms with Crippen LogP contribution in [0.4, 0.5) is 5.82 Å². The van der Waals surface area contributed by atoms with Gasteiger partial charge in [-0.3, -0.25) is 0 Å². The van der Waals surface area contributed by atoms with E-state index in [1.54, 1.807) is 17.7 Å². The van der Waals surface area contributed by atoms with Gasteiger partial charge < -0.3 is 10.4 Å². The van der Waals surface area contributed by atoms with Crippen LogP contribution in [0.15, 0.2) is 6.33 Å². The largest absolute Gasteiger partial charge is 0.393 e. The lowest BCUT2D eigenvalue weighted by Gasteiger charge is -2.26. The Labute approximate surface area is 116 Å². The van der Waals surface area contributed by atoms with Crippen LogP contribution in [0, 0.1) is 13.8 Å². The van der Waals surface area contributed by atoms with Crippen molar-refractivity contribution in [2.45, 2.75) is 51.7 Å². The molecule has 4 nitrogen and oxygen atoms in total. The predicted molar refractivity (Wildman–Crippen MR) is 78.8 cm³/mol. The highest BCUT2D eigenvalue weighted by molar-refractivity contribution is 7.18. The van der Waals surface area contributed by atoms with Gasteiger partial charge in [-0.15, -0.1) is 11.3 Å². The summed E-state index contributed by atoms with van der Waals surface area (Å²) in [7, 11) is 0. The average Bonchev–Trinajstić information content (AvgIpc) is 2.69. The molecule has 0 amide bonds. The smallest absolute Gasteiger partial charge is 0.138 e. The number of thiophene rings is 1. The van der Waals surface area contributed by atoms with Crippen LogP contribution in [-0.4, -0.2) is 27.2 Å². The number of hydrogen-bond acceptors (Lipinski definition) is 5. The molecule has 1 fully saturated rings. The summed E-state index contributed by atoms with van der Waals surface area (Å²) in [5, 5.41) is 14.3. The maximum Gasteiger partial charge on any atom is 0.138 e. The predicted octanol–water partition coefficient (Wildman–Crippen LogP) is 3.02. The highest BCUT2D eigenvalue weighted by Gasteiger charge is 2.21. The zero-order valence-electron chi connectivity index (χ0n) is 11.3. The van der Waals surface area contributed by atoms with E-state index in [4.69, 9.17) is 0 Å². The van der Waals surface area contributed by atoms with Crippen LogP contribution in [0.2, 0.25) is 0 Å². The maximum absolute atomic E-state index is 9.56. The van der Waals surface area contributed by atoms with Crippen molar-refractivity contribution in [3.63, 3.8) is 0 Å². The fourth-order valence-electron chi connectivity index (χ4n) is 2.71. The van der Waals surface area contributed by atoms with E-state index in [2.05, 4.69) is 29.1 Å². The summed E-state index contributed by atoms with van der Waals surface area (Å²) in [6, 6.07) is 0.418. The van der Waals surface area contributed by atoms with Crippen LogP contribution in [0.5, 0.6) is 0 Å². The molecule has 2 aromatic rings. The lowest BCUT2D eigenvalue weighted by molar-refractivity contribution is 0.126. The van der Waals surface area contributed by atoms with E-state index in [1.165, 1.54) is 10.4 Å². The summed E-state index contributed by atoms with van der Waals surface area (Å²) in [5.41, 5.74) is 1.28. The average molecular weight is 277 g/mol. The van der Waals surface area contributed by atoms with Crippen LogP contribution >= 0.6 is 11.3 Å². The molecule has 2 N–H and O–H groups in total. The molecule has 2 heterocycles. The van der Waals surface area contributed by atoms with E-state index in [1.807, 2.05) is 0 Å². The van der Waals surface area contributed by atoms with E-state index in [9.17, 15) is 5.11 Å². The monoisotopic (exact) mass is 277 g/mol. The molecule has 1 aliphatic carbocycles. The molecular weight excluding hydrogens is 258 g/mol. The van der Waals surface area contributed by atoms with Crippen molar-refractivity contribution in [2.24, 2.45) is 0 Å². The molecule has 0 unspecified atom stereocenters. The SMILES string of the molecule is Cc1sc2ncnc(N[C@H]3CC[C@H](O)CC3)c2c1C. The van der Waals surface area contributed by atoms with E-state index in [0.29, 0.717) is 6.04 Å². The number of aromatic nitrogens is 2. The molecule has 0 spiro atoms. The van der Waals surface area contributed by atoms with Gasteiger partial charge in [0, 0.05) is 10.9 Å². The first kappa shape index (κ1) is 12.8. The molecule has 1 saturated carbocycles. The minimum Gasteiger partial charge on any atom is -0.393 e. The first-order valence-corrected chi connectivity index (χ1v) is 7.62. The molecule has 0 atom stereocenters.